The number of hydrogen-bond donors (Lipinski definition) is 1. The number of ketones is 2. The van der Waals surface area contributed by atoms with Crippen LogP contribution in [0.4, 0.5) is 0 Å². The Bertz CT molecular complexity index is 1220. The van der Waals surface area contributed by atoms with Gasteiger partial charge in [-0.15, -0.1) is 0 Å². The molecule has 3 saturated carbocycles. The predicted octanol–water partition coefficient (Wildman–Crippen LogP) is 6.34. The highest BCUT2D eigenvalue weighted by molar-refractivity contribution is 6.04. The second kappa shape index (κ2) is 8.15. The van der Waals surface area contributed by atoms with Gasteiger partial charge in [0.2, 0.25) is 5.91 Å². The Morgan fingerprint density at radius 1 is 1.03 bits per heavy atom. The molecule has 206 valence electrons. The van der Waals surface area contributed by atoms with Gasteiger partial charge in [0.1, 0.15) is 6.07 Å². The van der Waals surface area contributed by atoms with Gasteiger partial charge in [0.25, 0.3) is 0 Å². The third kappa shape index (κ3) is 3.24. The molecule has 0 aromatic heterocycles. The largest absolute Gasteiger partial charge is 0.356 e. The molecule has 0 aliphatic heterocycles. The number of hydrogen-bond acceptors (Lipinski definition) is 4. The molecule has 0 spiro atoms. The van der Waals surface area contributed by atoms with Crippen LogP contribution in [0.5, 0.6) is 0 Å². The van der Waals surface area contributed by atoms with E-state index in [0.717, 1.165) is 50.5 Å². The number of nitrogens with one attached hydrogen (secondary N) is 1. The van der Waals surface area contributed by atoms with E-state index < -0.39 is 16.2 Å². The molecule has 5 rings (SSSR count). The van der Waals surface area contributed by atoms with Gasteiger partial charge in [-0.25, -0.2) is 0 Å². The molecule has 38 heavy (non-hydrogen) atoms. The molecule has 3 fully saturated rings. The van der Waals surface area contributed by atoms with Gasteiger partial charge in [-0.2, -0.15) is 5.26 Å². The summed E-state index contributed by atoms with van der Waals surface area (Å²) in [5.41, 5.74) is -0.788. The van der Waals surface area contributed by atoms with Crippen molar-refractivity contribution in [2.45, 2.75) is 100 Å². The summed E-state index contributed by atoms with van der Waals surface area (Å²) in [5.74, 6) is 0.0635. The zero-order chi connectivity index (χ0) is 28.1. The molecule has 0 radical (unpaired) electrons. The van der Waals surface area contributed by atoms with E-state index in [9.17, 15) is 19.6 Å². The number of carbonyl (C=O) groups excluding carboxylic acids is 3. The Kier molecular flexibility index (Phi) is 5.87. The molecular weight excluding hydrogens is 472 g/mol. The SMILES string of the molecule is CCNC(=O)[C@]12CCC(C)(C)CC1C1C(=O)C=C3[C@@]4(C)C=C(C#N)C(=O)C(C)(C)C4CC[C@@]3(C)[C@]1(C)CC2. The van der Waals surface area contributed by atoms with E-state index in [0.29, 0.717) is 6.54 Å². The Morgan fingerprint density at radius 3 is 2.32 bits per heavy atom. The van der Waals surface area contributed by atoms with Crippen LogP contribution in [-0.2, 0) is 14.4 Å². The lowest BCUT2D eigenvalue weighted by Gasteiger charge is -2.69. The molecule has 7 atom stereocenters. The van der Waals surface area contributed by atoms with Crippen LogP contribution < -0.4 is 5.32 Å². The van der Waals surface area contributed by atoms with Gasteiger partial charge in [0.05, 0.1) is 11.0 Å². The quantitative estimate of drug-likeness (QED) is 0.462. The molecule has 0 heterocycles. The summed E-state index contributed by atoms with van der Waals surface area (Å²) in [6, 6.07) is 2.18. The molecule has 3 unspecified atom stereocenters. The first-order valence-corrected chi connectivity index (χ1v) is 14.8. The van der Waals surface area contributed by atoms with E-state index in [2.05, 4.69) is 46.0 Å². The number of allylic oxidation sites excluding steroid dienone is 4. The lowest BCUT2D eigenvalue weighted by molar-refractivity contribution is -0.178. The number of Topliss-reactive ketones (excluding diaryl/α,β-unsaturated/α-hetero) is 1. The molecule has 5 aliphatic carbocycles. The molecule has 0 aromatic rings. The lowest BCUT2D eigenvalue weighted by atomic mass is 9.34. The standard InChI is InChI=1S/C33H46N2O3/c1-9-35-27(38)33-14-12-28(2,3)18-21(33)25-22(36)16-24-30(6)17-20(19-34)26(37)29(4,5)23(30)10-11-31(24,7)32(25,8)13-15-33/h16-17,21,23,25H,9-15,18H2,1-8H3,(H,35,38)/t21?,23?,25?,30-,31+,32+,33-/m0/s1. The number of carbonyl (C=O) groups is 3. The maximum absolute atomic E-state index is 14.5. The summed E-state index contributed by atoms with van der Waals surface area (Å²) < 4.78 is 0. The summed E-state index contributed by atoms with van der Waals surface area (Å²) in [6.07, 6.45) is 9.99. The van der Waals surface area contributed by atoms with Gasteiger partial charge in [0.15, 0.2) is 11.6 Å². The van der Waals surface area contributed by atoms with Gasteiger partial charge in [-0.05, 0) is 86.0 Å². The Balaban J connectivity index is 1.69. The molecule has 5 nitrogen and oxygen atoms in total. The van der Waals surface area contributed by atoms with Crippen molar-refractivity contribution < 1.29 is 14.4 Å². The van der Waals surface area contributed by atoms with Crippen LogP contribution in [0.15, 0.2) is 23.3 Å². The molecule has 0 aromatic carbocycles. The number of nitriles is 1. The van der Waals surface area contributed by atoms with Crippen molar-refractivity contribution in [2.24, 2.45) is 50.2 Å². The first kappa shape index (κ1) is 27.4. The maximum atomic E-state index is 14.5. The van der Waals surface area contributed by atoms with E-state index in [1.807, 2.05) is 32.9 Å². The van der Waals surface area contributed by atoms with E-state index in [4.69, 9.17) is 0 Å². The molecule has 5 heteroatoms. The van der Waals surface area contributed by atoms with E-state index >= 15 is 0 Å². The van der Waals surface area contributed by atoms with Crippen LogP contribution in [0.1, 0.15) is 100 Å². The van der Waals surface area contributed by atoms with Crippen LogP contribution >= 0.6 is 0 Å². The van der Waals surface area contributed by atoms with Gasteiger partial charge in [-0.3, -0.25) is 14.4 Å². The molecule has 0 bridgehead atoms. The highest BCUT2D eigenvalue weighted by atomic mass is 16.2. The highest BCUT2D eigenvalue weighted by Gasteiger charge is 2.70. The van der Waals surface area contributed by atoms with Crippen LogP contribution in [0.2, 0.25) is 0 Å². The minimum absolute atomic E-state index is 0.0128. The second-order valence-corrected chi connectivity index (χ2v) is 15.3. The first-order valence-electron chi connectivity index (χ1n) is 14.8. The third-order valence-electron chi connectivity index (χ3n) is 12.6. The van der Waals surface area contributed by atoms with Crippen LogP contribution in [0.25, 0.3) is 0 Å². The van der Waals surface area contributed by atoms with Crippen molar-refractivity contribution in [3.63, 3.8) is 0 Å². The van der Waals surface area contributed by atoms with Gasteiger partial charge in [-0.1, -0.05) is 60.1 Å². The summed E-state index contributed by atoms with van der Waals surface area (Å²) >= 11 is 0. The fourth-order valence-corrected chi connectivity index (χ4v) is 10.4. The first-order chi connectivity index (χ1) is 17.5. The predicted molar refractivity (Wildman–Crippen MR) is 148 cm³/mol. The lowest BCUT2D eigenvalue weighted by Crippen LogP contribution is -2.66. The maximum Gasteiger partial charge on any atom is 0.226 e. The monoisotopic (exact) mass is 518 g/mol. The van der Waals surface area contributed by atoms with Crippen molar-refractivity contribution in [2.75, 3.05) is 6.54 Å². The molecule has 0 saturated heterocycles. The number of rotatable bonds is 2. The van der Waals surface area contributed by atoms with Crippen LogP contribution in [0.3, 0.4) is 0 Å². The fourth-order valence-electron chi connectivity index (χ4n) is 10.4. The zero-order valence-corrected chi connectivity index (χ0v) is 24.7. The molecule has 1 N–H and O–H groups in total. The molecule has 1 amide bonds. The van der Waals surface area contributed by atoms with E-state index in [1.165, 1.54) is 0 Å². The fraction of sp³-hybridized carbons (Fsp3) is 0.758. The van der Waals surface area contributed by atoms with Crippen molar-refractivity contribution in [1.29, 1.82) is 5.26 Å². The summed E-state index contributed by atoms with van der Waals surface area (Å²) in [7, 11) is 0. The number of fused-ring (bicyclic) bond motifs is 7. The minimum atomic E-state index is -0.662. The summed E-state index contributed by atoms with van der Waals surface area (Å²) in [6.45, 7) is 17.9. The molecular formula is C33H46N2O3. The summed E-state index contributed by atoms with van der Waals surface area (Å²) in [5, 5.41) is 13.0. The van der Waals surface area contributed by atoms with Gasteiger partial charge in [0, 0.05) is 23.3 Å². The van der Waals surface area contributed by atoms with Gasteiger partial charge >= 0.3 is 0 Å². The second-order valence-electron chi connectivity index (χ2n) is 15.3. The van der Waals surface area contributed by atoms with Gasteiger partial charge < -0.3 is 5.32 Å². The highest BCUT2D eigenvalue weighted by Crippen LogP contribution is 2.74. The van der Waals surface area contributed by atoms with Crippen LogP contribution in [0, 0.1) is 61.6 Å². The topological polar surface area (TPSA) is 87.0 Å². The number of amides is 1. The normalized spacial score (nSPS) is 44.8. The van der Waals surface area contributed by atoms with Crippen molar-refractivity contribution in [3.05, 3.63) is 23.3 Å². The van der Waals surface area contributed by atoms with Crippen molar-refractivity contribution in [1.82, 2.24) is 5.32 Å². The van der Waals surface area contributed by atoms with E-state index in [-0.39, 0.29) is 57.0 Å². The van der Waals surface area contributed by atoms with Crippen LogP contribution in [-0.4, -0.2) is 24.0 Å². The Hall–Kier alpha value is -2.22. The van der Waals surface area contributed by atoms with E-state index in [1.54, 1.807) is 0 Å². The smallest absolute Gasteiger partial charge is 0.226 e. The average Bonchev–Trinajstić information content (AvgIpc) is 2.82. The number of nitrogens with zero attached hydrogens (tertiary/aromatic N) is 1. The summed E-state index contributed by atoms with van der Waals surface area (Å²) in [4.78, 5) is 41.4. The molecule has 5 aliphatic rings. The minimum Gasteiger partial charge on any atom is -0.356 e. The van der Waals surface area contributed by atoms with Crippen molar-refractivity contribution in [3.8, 4) is 6.07 Å². The Labute approximate surface area is 228 Å². The Morgan fingerprint density at radius 2 is 1.68 bits per heavy atom. The van der Waals surface area contributed by atoms with Crippen molar-refractivity contribution >= 4 is 17.5 Å². The average molecular weight is 519 g/mol. The zero-order valence-electron chi connectivity index (χ0n) is 24.7. The third-order valence-corrected chi connectivity index (χ3v) is 12.6.